The van der Waals surface area contributed by atoms with Crippen molar-refractivity contribution < 1.29 is 27.5 Å². The van der Waals surface area contributed by atoms with E-state index in [1.165, 1.54) is 12.1 Å². The van der Waals surface area contributed by atoms with E-state index in [2.05, 4.69) is 35.5 Å². The molecule has 0 spiro atoms. The number of aryl methyl sites for hydroxylation is 2. The molecule has 3 aromatic rings. The van der Waals surface area contributed by atoms with Crippen molar-refractivity contribution >= 4 is 28.0 Å². The Kier molecular flexibility index (Phi) is 9.57. The number of nitrogens with one attached hydrogen (secondary N) is 1. The van der Waals surface area contributed by atoms with Crippen LogP contribution in [0.1, 0.15) is 68.4 Å². The van der Waals surface area contributed by atoms with Crippen LogP contribution in [0.3, 0.4) is 0 Å². The number of hydrogen-bond acceptors (Lipinski definition) is 8. The topological polar surface area (TPSA) is 131 Å². The summed E-state index contributed by atoms with van der Waals surface area (Å²) in [5.74, 6) is -0.242. The Morgan fingerprint density at radius 1 is 1.02 bits per heavy atom. The predicted molar refractivity (Wildman–Crippen MR) is 175 cm³/mol. The van der Waals surface area contributed by atoms with Gasteiger partial charge in [-0.3, -0.25) is 4.79 Å². The number of amides is 2. The number of aromatic nitrogens is 2. The highest BCUT2D eigenvalue weighted by molar-refractivity contribution is 7.92. The normalized spacial score (nSPS) is 18.9. The fourth-order valence-corrected chi connectivity index (χ4v) is 7.23. The van der Waals surface area contributed by atoms with Crippen LogP contribution in [0.15, 0.2) is 53.4 Å². The standard InChI is InChI=1S/C34H43N5O6S/c1-7-25(14-15-38-16-17-44-33(38)41)39-26(20-34(4,5)6)21-45-29-19-28(30-22(2)10-8-11-23(30)3)35-32(36-29)37-46(42,43)27-13-9-12-24(18-27)31(39)40/h8-13,18-19,25-26H,7,14-17,20-21H2,1-6H3,(H,35,36,37)/t25?,26-/m1/s1. The van der Waals surface area contributed by atoms with Crippen molar-refractivity contribution in [1.82, 2.24) is 19.8 Å². The van der Waals surface area contributed by atoms with Gasteiger partial charge in [0, 0.05) is 29.8 Å². The fourth-order valence-electron chi connectivity index (χ4n) is 6.24. The molecule has 46 heavy (non-hydrogen) atoms. The molecule has 2 atom stereocenters. The highest BCUT2D eigenvalue weighted by atomic mass is 32.2. The molecule has 0 saturated carbocycles. The molecule has 1 N–H and O–H groups in total. The second-order valence-corrected chi connectivity index (χ2v) is 14.9. The third-order valence-corrected chi connectivity index (χ3v) is 9.72. The zero-order chi connectivity index (χ0) is 33.2. The van der Waals surface area contributed by atoms with E-state index in [0.717, 1.165) is 16.7 Å². The number of carbonyl (C=O) groups is 2. The lowest BCUT2D eigenvalue weighted by Crippen LogP contribution is -2.51. The van der Waals surface area contributed by atoms with Gasteiger partial charge in [-0.15, -0.1) is 0 Å². The molecule has 246 valence electrons. The maximum atomic E-state index is 14.5. The molecule has 1 saturated heterocycles. The molecule has 11 nitrogen and oxygen atoms in total. The summed E-state index contributed by atoms with van der Waals surface area (Å²) in [6, 6.07) is 13.0. The molecular weight excluding hydrogens is 606 g/mol. The Morgan fingerprint density at radius 2 is 1.74 bits per heavy atom. The molecule has 2 aliphatic rings. The highest BCUT2D eigenvalue weighted by Gasteiger charge is 2.36. The summed E-state index contributed by atoms with van der Waals surface area (Å²) in [5, 5.41) is 0. The minimum absolute atomic E-state index is 0.0821. The molecule has 5 rings (SSSR count). The number of cyclic esters (lactones) is 1. The molecule has 0 aliphatic carbocycles. The summed E-state index contributed by atoms with van der Waals surface area (Å²) >= 11 is 0. The Morgan fingerprint density at radius 3 is 2.39 bits per heavy atom. The van der Waals surface area contributed by atoms with E-state index < -0.39 is 16.1 Å². The number of benzene rings is 2. The summed E-state index contributed by atoms with van der Waals surface area (Å²) in [4.78, 5) is 39.2. The van der Waals surface area contributed by atoms with E-state index >= 15 is 0 Å². The highest BCUT2D eigenvalue weighted by Crippen LogP contribution is 2.32. The number of ether oxygens (including phenoxy) is 2. The molecule has 2 amide bonds. The number of sulfonamides is 1. The van der Waals surface area contributed by atoms with Crippen LogP contribution in [0.2, 0.25) is 0 Å². The summed E-state index contributed by atoms with van der Waals surface area (Å²) in [6.45, 7) is 13.7. The van der Waals surface area contributed by atoms with Gasteiger partial charge in [0.15, 0.2) is 0 Å². The number of rotatable bonds is 7. The van der Waals surface area contributed by atoms with Gasteiger partial charge in [-0.05, 0) is 67.9 Å². The van der Waals surface area contributed by atoms with Crippen LogP contribution in [0.5, 0.6) is 5.88 Å². The van der Waals surface area contributed by atoms with Gasteiger partial charge in [0.05, 0.1) is 23.2 Å². The van der Waals surface area contributed by atoms with Crippen LogP contribution in [0.25, 0.3) is 11.3 Å². The van der Waals surface area contributed by atoms with Gasteiger partial charge in [0.25, 0.3) is 15.9 Å². The van der Waals surface area contributed by atoms with E-state index in [1.807, 2.05) is 43.9 Å². The van der Waals surface area contributed by atoms with Crippen LogP contribution in [0.4, 0.5) is 10.7 Å². The second kappa shape index (κ2) is 13.3. The van der Waals surface area contributed by atoms with E-state index in [1.54, 1.807) is 23.1 Å². The predicted octanol–water partition coefficient (Wildman–Crippen LogP) is 5.82. The van der Waals surface area contributed by atoms with Crippen LogP contribution in [-0.2, 0) is 14.8 Å². The molecule has 1 aromatic heterocycles. The Hall–Kier alpha value is -4.19. The molecule has 3 heterocycles. The van der Waals surface area contributed by atoms with E-state index in [0.29, 0.717) is 44.7 Å². The van der Waals surface area contributed by atoms with Crippen LogP contribution in [-0.4, -0.2) is 78.6 Å². The van der Waals surface area contributed by atoms with Gasteiger partial charge in [0.2, 0.25) is 11.8 Å². The number of anilines is 1. The summed E-state index contributed by atoms with van der Waals surface area (Å²) in [6.07, 6.45) is 1.37. The van der Waals surface area contributed by atoms with E-state index in [9.17, 15) is 18.0 Å². The van der Waals surface area contributed by atoms with Gasteiger partial charge in [0.1, 0.15) is 13.2 Å². The Balaban J connectivity index is 1.64. The molecular formula is C34H43N5O6S. The zero-order valence-corrected chi connectivity index (χ0v) is 28.2. The van der Waals surface area contributed by atoms with E-state index in [-0.39, 0.29) is 52.4 Å². The molecule has 0 radical (unpaired) electrons. The first kappa shape index (κ1) is 33.2. The molecule has 1 unspecified atom stereocenters. The zero-order valence-electron chi connectivity index (χ0n) is 27.4. The van der Waals surface area contributed by atoms with Crippen molar-refractivity contribution in [3.8, 4) is 17.1 Å². The molecule has 2 aliphatic heterocycles. The first-order chi connectivity index (χ1) is 21.8. The van der Waals surface area contributed by atoms with Crippen molar-refractivity contribution in [2.24, 2.45) is 5.41 Å². The van der Waals surface area contributed by atoms with Crippen molar-refractivity contribution in [3.63, 3.8) is 0 Å². The Labute approximate surface area is 271 Å². The minimum Gasteiger partial charge on any atom is -0.475 e. The van der Waals surface area contributed by atoms with Crippen molar-refractivity contribution in [2.75, 3.05) is 31.0 Å². The van der Waals surface area contributed by atoms with Gasteiger partial charge >= 0.3 is 6.09 Å². The lowest BCUT2D eigenvalue weighted by atomic mass is 9.86. The van der Waals surface area contributed by atoms with Gasteiger partial charge in [-0.25, -0.2) is 22.9 Å². The lowest BCUT2D eigenvalue weighted by molar-refractivity contribution is 0.0359. The van der Waals surface area contributed by atoms with E-state index in [4.69, 9.17) is 9.47 Å². The number of fused-ring (bicyclic) bond motifs is 4. The van der Waals surface area contributed by atoms with Crippen molar-refractivity contribution in [1.29, 1.82) is 0 Å². The first-order valence-corrected chi connectivity index (χ1v) is 17.2. The molecule has 4 bridgehead atoms. The van der Waals surface area contributed by atoms with Gasteiger partial charge < -0.3 is 19.3 Å². The van der Waals surface area contributed by atoms with Crippen LogP contribution >= 0.6 is 0 Å². The SMILES string of the molecule is CCC(CCN1CCOC1=O)N1C(=O)c2cccc(c2)S(=O)(=O)Nc2nc(cc(-c3c(C)cccc3C)n2)OC[C@H]1CC(C)(C)C. The van der Waals surface area contributed by atoms with Crippen molar-refractivity contribution in [3.05, 3.63) is 65.2 Å². The minimum atomic E-state index is -4.17. The number of nitrogens with zero attached hydrogens (tertiary/aromatic N) is 4. The number of hydrogen-bond donors (Lipinski definition) is 1. The molecule has 2 aromatic carbocycles. The lowest BCUT2D eigenvalue weighted by Gasteiger charge is -2.41. The van der Waals surface area contributed by atoms with Crippen LogP contribution < -0.4 is 9.46 Å². The number of carbonyl (C=O) groups excluding carboxylic acids is 2. The maximum absolute atomic E-state index is 14.5. The van der Waals surface area contributed by atoms with Crippen molar-refractivity contribution in [2.45, 2.75) is 77.8 Å². The maximum Gasteiger partial charge on any atom is 0.409 e. The fraction of sp³-hybridized carbons (Fsp3) is 0.471. The summed E-state index contributed by atoms with van der Waals surface area (Å²) in [5.41, 5.74) is 3.37. The summed E-state index contributed by atoms with van der Waals surface area (Å²) < 4.78 is 41.4. The first-order valence-electron chi connectivity index (χ1n) is 15.7. The largest absolute Gasteiger partial charge is 0.475 e. The summed E-state index contributed by atoms with van der Waals surface area (Å²) in [7, 11) is -4.17. The average Bonchev–Trinajstić information content (AvgIpc) is 3.40. The molecule has 1 fully saturated rings. The van der Waals surface area contributed by atoms with Crippen LogP contribution in [0, 0.1) is 19.3 Å². The third-order valence-electron chi connectivity index (χ3n) is 8.40. The smallest absolute Gasteiger partial charge is 0.409 e. The monoisotopic (exact) mass is 649 g/mol. The average molecular weight is 650 g/mol. The van der Waals surface area contributed by atoms with Gasteiger partial charge in [-0.1, -0.05) is 52.0 Å². The quantitative estimate of drug-likeness (QED) is 0.339. The Bertz CT molecular complexity index is 1700. The third kappa shape index (κ3) is 7.43. The van der Waals surface area contributed by atoms with Gasteiger partial charge in [-0.2, -0.15) is 4.98 Å². The second-order valence-electron chi connectivity index (χ2n) is 13.2. The molecule has 12 heteroatoms.